The predicted octanol–water partition coefficient (Wildman–Crippen LogP) is 3.14. The summed E-state index contributed by atoms with van der Waals surface area (Å²) in [5.74, 6) is 0.502. The van der Waals surface area contributed by atoms with Crippen LogP contribution in [0, 0.1) is 0 Å². The Bertz CT molecular complexity index is 508. The van der Waals surface area contributed by atoms with Gasteiger partial charge in [-0.1, -0.05) is 15.9 Å². The number of ether oxygens (including phenoxy) is 2. The number of carbonyl (C=O) groups excluding carboxylic acids is 1. The van der Waals surface area contributed by atoms with Crippen LogP contribution in [0.5, 0.6) is 5.75 Å². The van der Waals surface area contributed by atoms with E-state index in [1.807, 2.05) is 32.9 Å². The molecule has 2 rings (SSSR count). The topological polar surface area (TPSA) is 47.6 Å². The number of fused-ring (bicyclic) bond motifs is 1. The van der Waals surface area contributed by atoms with E-state index in [1.165, 1.54) is 0 Å². The molecule has 1 aromatic carbocycles. The summed E-state index contributed by atoms with van der Waals surface area (Å²) in [5, 5.41) is 3.19. The lowest BCUT2D eigenvalue weighted by molar-refractivity contribution is -0.155. The highest BCUT2D eigenvalue weighted by atomic mass is 79.9. The van der Waals surface area contributed by atoms with E-state index in [0.717, 1.165) is 21.5 Å². The minimum atomic E-state index is -0.477. The number of anilines is 1. The van der Waals surface area contributed by atoms with Gasteiger partial charge in [0.05, 0.1) is 12.8 Å². The van der Waals surface area contributed by atoms with Crippen LogP contribution in [-0.4, -0.2) is 24.7 Å². The molecule has 0 fully saturated rings. The fourth-order valence-electron chi connectivity index (χ4n) is 2.07. The van der Waals surface area contributed by atoms with Crippen molar-refractivity contribution in [2.45, 2.75) is 38.8 Å². The number of methoxy groups -OCH3 is 1. The van der Waals surface area contributed by atoms with Crippen molar-refractivity contribution >= 4 is 27.6 Å². The number of carbonyl (C=O) groups is 1. The van der Waals surface area contributed by atoms with Crippen LogP contribution in [0.15, 0.2) is 16.6 Å². The maximum atomic E-state index is 12.1. The lowest BCUT2D eigenvalue weighted by Gasteiger charge is -2.22. The molecule has 0 saturated heterocycles. The van der Waals surface area contributed by atoms with Crippen molar-refractivity contribution in [2.24, 2.45) is 0 Å². The molecule has 19 heavy (non-hydrogen) atoms. The number of rotatable bonds is 2. The number of hydrogen-bond donors (Lipinski definition) is 1. The van der Waals surface area contributed by atoms with Crippen molar-refractivity contribution in [1.29, 1.82) is 0 Å². The van der Waals surface area contributed by atoms with Gasteiger partial charge in [-0.3, -0.25) is 0 Å². The predicted molar refractivity (Wildman–Crippen MR) is 77.7 cm³/mol. The highest BCUT2D eigenvalue weighted by Crippen LogP contribution is 2.39. The SMILES string of the molecule is COc1ccc(Br)c2c1N[C@@H](C(=O)OC(C)(C)C)C2. The van der Waals surface area contributed by atoms with Crippen LogP contribution in [0.4, 0.5) is 5.69 Å². The quantitative estimate of drug-likeness (QED) is 0.848. The smallest absolute Gasteiger partial charge is 0.329 e. The van der Waals surface area contributed by atoms with Gasteiger partial charge in [0.25, 0.3) is 0 Å². The number of benzene rings is 1. The van der Waals surface area contributed by atoms with E-state index >= 15 is 0 Å². The molecule has 0 radical (unpaired) electrons. The first-order valence-corrected chi connectivity index (χ1v) is 6.96. The zero-order valence-electron chi connectivity index (χ0n) is 11.5. The van der Waals surface area contributed by atoms with Gasteiger partial charge >= 0.3 is 5.97 Å². The third kappa shape index (κ3) is 3.03. The van der Waals surface area contributed by atoms with E-state index in [1.54, 1.807) is 7.11 Å². The molecule has 1 aliphatic heterocycles. The maximum absolute atomic E-state index is 12.1. The minimum absolute atomic E-state index is 0.238. The summed E-state index contributed by atoms with van der Waals surface area (Å²) < 4.78 is 11.7. The number of halogens is 1. The van der Waals surface area contributed by atoms with Gasteiger partial charge in [-0.05, 0) is 38.5 Å². The average molecular weight is 328 g/mol. The van der Waals surface area contributed by atoms with Gasteiger partial charge in [0.2, 0.25) is 0 Å². The standard InChI is InChI=1S/C14H18BrNO3/c1-14(2,3)19-13(17)10-7-8-9(15)5-6-11(18-4)12(8)16-10/h5-6,10,16H,7H2,1-4H3/t10-/m1/s1. The van der Waals surface area contributed by atoms with E-state index in [2.05, 4.69) is 21.2 Å². The van der Waals surface area contributed by atoms with Crippen LogP contribution in [0.1, 0.15) is 26.3 Å². The third-order valence-electron chi connectivity index (χ3n) is 2.86. The Hall–Kier alpha value is -1.23. The first kappa shape index (κ1) is 14.2. The summed E-state index contributed by atoms with van der Waals surface area (Å²) in [6.07, 6.45) is 0.599. The van der Waals surface area contributed by atoms with Gasteiger partial charge in [0.1, 0.15) is 17.4 Å². The van der Waals surface area contributed by atoms with E-state index in [4.69, 9.17) is 9.47 Å². The normalized spacial score (nSPS) is 17.6. The molecule has 104 valence electrons. The third-order valence-corrected chi connectivity index (χ3v) is 3.60. The average Bonchev–Trinajstić information content (AvgIpc) is 2.73. The first-order chi connectivity index (χ1) is 8.81. The Balaban J connectivity index is 2.20. The van der Waals surface area contributed by atoms with Crippen LogP contribution in [0.2, 0.25) is 0 Å². The summed E-state index contributed by atoms with van der Waals surface area (Å²) >= 11 is 3.50. The Labute approximate surface area is 121 Å². The Morgan fingerprint density at radius 3 is 2.68 bits per heavy atom. The van der Waals surface area contributed by atoms with E-state index < -0.39 is 5.60 Å². The van der Waals surface area contributed by atoms with Gasteiger partial charge in [0, 0.05) is 10.9 Å². The monoisotopic (exact) mass is 327 g/mol. The lowest BCUT2D eigenvalue weighted by atomic mass is 10.1. The lowest BCUT2D eigenvalue weighted by Crippen LogP contribution is -2.35. The number of hydrogen-bond acceptors (Lipinski definition) is 4. The molecule has 0 spiro atoms. The minimum Gasteiger partial charge on any atom is -0.495 e. The van der Waals surface area contributed by atoms with Gasteiger partial charge in [-0.25, -0.2) is 4.79 Å². The highest BCUT2D eigenvalue weighted by molar-refractivity contribution is 9.10. The van der Waals surface area contributed by atoms with Gasteiger partial charge < -0.3 is 14.8 Å². The Morgan fingerprint density at radius 2 is 2.11 bits per heavy atom. The molecule has 1 N–H and O–H groups in total. The molecule has 0 saturated carbocycles. The molecular formula is C14H18BrNO3. The zero-order chi connectivity index (χ0) is 14.2. The molecule has 1 aromatic rings. The number of nitrogens with one attached hydrogen (secondary N) is 1. The maximum Gasteiger partial charge on any atom is 0.329 e. The fourth-order valence-corrected chi connectivity index (χ4v) is 2.57. The molecule has 1 atom stereocenters. The van der Waals surface area contributed by atoms with Crippen LogP contribution in [-0.2, 0) is 16.0 Å². The van der Waals surface area contributed by atoms with Crippen LogP contribution >= 0.6 is 15.9 Å². The highest BCUT2D eigenvalue weighted by Gasteiger charge is 2.33. The molecule has 0 bridgehead atoms. The van der Waals surface area contributed by atoms with Gasteiger partial charge in [0.15, 0.2) is 0 Å². The van der Waals surface area contributed by atoms with Crippen LogP contribution < -0.4 is 10.1 Å². The molecule has 0 unspecified atom stereocenters. The van der Waals surface area contributed by atoms with Crippen LogP contribution in [0.3, 0.4) is 0 Å². The largest absolute Gasteiger partial charge is 0.495 e. The summed E-state index contributed by atoms with van der Waals surface area (Å²) in [6, 6.07) is 3.44. The van der Waals surface area contributed by atoms with Gasteiger partial charge in [-0.15, -0.1) is 0 Å². The Kier molecular flexibility index (Phi) is 3.76. The second-order valence-corrected chi connectivity index (χ2v) is 6.39. The van der Waals surface area contributed by atoms with Crippen LogP contribution in [0.25, 0.3) is 0 Å². The van der Waals surface area contributed by atoms with E-state index in [0.29, 0.717) is 6.42 Å². The molecule has 5 heteroatoms. The number of esters is 1. The summed E-state index contributed by atoms with van der Waals surface area (Å²) in [6.45, 7) is 5.59. The van der Waals surface area contributed by atoms with E-state index in [9.17, 15) is 4.79 Å². The Morgan fingerprint density at radius 1 is 1.42 bits per heavy atom. The first-order valence-electron chi connectivity index (χ1n) is 6.16. The van der Waals surface area contributed by atoms with Crippen molar-refractivity contribution in [2.75, 3.05) is 12.4 Å². The van der Waals surface area contributed by atoms with Crippen molar-refractivity contribution in [3.8, 4) is 5.75 Å². The van der Waals surface area contributed by atoms with Crippen molar-refractivity contribution in [3.05, 3.63) is 22.2 Å². The summed E-state index contributed by atoms with van der Waals surface area (Å²) in [4.78, 5) is 12.1. The summed E-state index contributed by atoms with van der Waals surface area (Å²) in [7, 11) is 1.62. The van der Waals surface area contributed by atoms with Crippen molar-refractivity contribution in [3.63, 3.8) is 0 Å². The second-order valence-electron chi connectivity index (χ2n) is 5.54. The second kappa shape index (κ2) is 5.04. The zero-order valence-corrected chi connectivity index (χ0v) is 13.1. The van der Waals surface area contributed by atoms with Crippen molar-refractivity contribution in [1.82, 2.24) is 0 Å². The summed E-state index contributed by atoms with van der Waals surface area (Å²) in [5.41, 5.74) is 1.44. The molecule has 0 aromatic heterocycles. The molecule has 1 heterocycles. The van der Waals surface area contributed by atoms with E-state index in [-0.39, 0.29) is 12.0 Å². The molecule has 1 aliphatic rings. The fraction of sp³-hybridized carbons (Fsp3) is 0.500. The molecule has 4 nitrogen and oxygen atoms in total. The molecule has 0 amide bonds. The van der Waals surface area contributed by atoms with Gasteiger partial charge in [-0.2, -0.15) is 0 Å². The van der Waals surface area contributed by atoms with Crippen molar-refractivity contribution < 1.29 is 14.3 Å². The molecular weight excluding hydrogens is 310 g/mol. The molecule has 0 aliphatic carbocycles.